The molecule has 0 bridgehead atoms. The standard InChI is InChI=1S/C35H49N3O3/c1-11-36(12-2)24-16-18-30-29(21-24)38(28-17-15-25(22-31(28)41-30)37(13-3)14-4)33(40)23-19-26(34(5,6)7)32(39)27(20-23)35(8,9)10/h15-22,28,31,39H,11-14H2,1-10H3/t28-,31-/m1/s1. The van der Waals surface area contributed by atoms with Gasteiger partial charge in [-0.2, -0.15) is 0 Å². The number of nitrogens with zero attached hydrogens (tertiary/aromatic N) is 3. The predicted octanol–water partition coefficient (Wildman–Crippen LogP) is 7.41. The van der Waals surface area contributed by atoms with E-state index in [9.17, 15) is 9.90 Å². The number of ether oxygens (including phenoxy) is 1. The van der Waals surface area contributed by atoms with Gasteiger partial charge in [0.1, 0.15) is 17.6 Å². The maximum atomic E-state index is 14.7. The van der Waals surface area contributed by atoms with Crippen LogP contribution in [0.25, 0.3) is 0 Å². The quantitative estimate of drug-likeness (QED) is 0.383. The molecule has 0 saturated heterocycles. The molecule has 0 unspecified atom stereocenters. The second kappa shape index (κ2) is 11.5. The zero-order chi connectivity index (χ0) is 30.3. The summed E-state index contributed by atoms with van der Waals surface area (Å²) in [5.41, 5.74) is 4.39. The number of rotatable bonds is 7. The van der Waals surface area contributed by atoms with Crippen LogP contribution in [-0.2, 0) is 10.8 Å². The fourth-order valence-corrected chi connectivity index (χ4v) is 5.94. The number of hydrogen-bond acceptors (Lipinski definition) is 5. The number of amides is 1. The van der Waals surface area contributed by atoms with Gasteiger partial charge in [-0.25, -0.2) is 0 Å². The van der Waals surface area contributed by atoms with Crippen molar-refractivity contribution < 1.29 is 14.6 Å². The zero-order valence-electron chi connectivity index (χ0n) is 26.7. The van der Waals surface area contributed by atoms with Crippen LogP contribution in [-0.4, -0.2) is 54.2 Å². The number of fused-ring (bicyclic) bond motifs is 2. The highest BCUT2D eigenvalue weighted by Crippen LogP contribution is 2.44. The van der Waals surface area contributed by atoms with Crippen molar-refractivity contribution in [2.75, 3.05) is 36.0 Å². The second-order valence-electron chi connectivity index (χ2n) is 13.1. The van der Waals surface area contributed by atoms with Crippen molar-refractivity contribution >= 4 is 17.3 Å². The van der Waals surface area contributed by atoms with Gasteiger partial charge in [0, 0.05) is 54.3 Å². The molecule has 0 fully saturated rings. The van der Waals surface area contributed by atoms with Crippen molar-refractivity contribution in [1.82, 2.24) is 4.90 Å². The van der Waals surface area contributed by atoms with Crippen molar-refractivity contribution in [3.63, 3.8) is 0 Å². The number of hydrogen-bond donors (Lipinski definition) is 1. The Hall–Kier alpha value is -3.41. The molecule has 0 aromatic heterocycles. The van der Waals surface area contributed by atoms with Crippen LogP contribution >= 0.6 is 0 Å². The Labute approximate surface area is 247 Å². The molecule has 0 radical (unpaired) electrons. The molecule has 2 aromatic carbocycles. The number of phenols is 1. The van der Waals surface area contributed by atoms with E-state index in [1.807, 2.05) is 23.1 Å². The highest BCUT2D eigenvalue weighted by Gasteiger charge is 2.40. The average molecular weight is 560 g/mol. The van der Waals surface area contributed by atoms with Gasteiger partial charge in [-0.3, -0.25) is 9.69 Å². The van der Waals surface area contributed by atoms with Crippen LogP contribution in [0.5, 0.6) is 11.5 Å². The van der Waals surface area contributed by atoms with Crippen LogP contribution in [0, 0.1) is 0 Å². The van der Waals surface area contributed by atoms with Crippen LogP contribution in [0.2, 0.25) is 0 Å². The van der Waals surface area contributed by atoms with Crippen molar-refractivity contribution in [3.05, 3.63) is 70.9 Å². The van der Waals surface area contributed by atoms with E-state index in [0.29, 0.717) is 11.3 Å². The van der Waals surface area contributed by atoms with Gasteiger partial charge < -0.3 is 19.6 Å². The lowest BCUT2D eigenvalue weighted by Gasteiger charge is -2.43. The third-order valence-corrected chi connectivity index (χ3v) is 8.35. The first kappa shape index (κ1) is 30.5. The summed E-state index contributed by atoms with van der Waals surface area (Å²) in [6.07, 6.45) is 6.07. The summed E-state index contributed by atoms with van der Waals surface area (Å²) in [5.74, 6) is 0.878. The van der Waals surface area contributed by atoms with Crippen LogP contribution in [0.1, 0.15) is 90.7 Å². The van der Waals surface area contributed by atoms with Crippen LogP contribution in [0.3, 0.4) is 0 Å². The number of benzene rings is 2. The Kier molecular flexibility index (Phi) is 8.54. The molecule has 4 rings (SSSR count). The minimum atomic E-state index is -0.339. The molecule has 222 valence electrons. The molecule has 41 heavy (non-hydrogen) atoms. The molecule has 1 aliphatic carbocycles. The van der Waals surface area contributed by atoms with E-state index in [-0.39, 0.29) is 34.6 Å². The summed E-state index contributed by atoms with van der Waals surface area (Å²) < 4.78 is 6.59. The summed E-state index contributed by atoms with van der Waals surface area (Å²) >= 11 is 0. The largest absolute Gasteiger partial charge is 0.507 e. The fourth-order valence-electron chi connectivity index (χ4n) is 5.94. The topological polar surface area (TPSA) is 56.2 Å². The van der Waals surface area contributed by atoms with Crippen molar-refractivity contribution in [1.29, 1.82) is 0 Å². The minimum absolute atomic E-state index is 0.0958. The predicted molar refractivity (Wildman–Crippen MR) is 171 cm³/mol. The molecule has 2 aliphatic rings. The maximum absolute atomic E-state index is 14.7. The summed E-state index contributed by atoms with van der Waals surface area (Å²) in [5, 5.41) is 11.3. The zero-order valence-corrected chi connectivity index (χ0v) is 26.7. The Morgan fingerprint density at radius 1 is 0.878 bits per heavy atom. The molecule has 6 heteroatoms. The first-order valence-electron chi connectivity index (χ1n) is 15.2. The maximum Gasteiger partial charge on any atom is 0.259 e. The summed E-state index contributed by atoms with van der Waals surface area (Å²) in [6, 6.07) is 9.64. The molecule has 0 saturated carbocycles. The fraction of sp³-hybridized carbons (Fsp3) is 0.514. The number of likely N-dealkylation sites (N-methyl/N-ethyl adjacent to an activating group) is 1. The third-order valence-electron chi connectivity index (χ3n) is 8.35. The molecule has 2 atom stereocenters. The van der Waals surface area contributed by atoms with E-state index in [0.717, 1.165) is 54.4 Å². The van der Waals surface area contributed by atoms with Gasteiger partial charge in [0.25, 0.3) is 5.91 Å². The van der Waals surface area contributed by atoms with E-state index >= 15 is 0 Å². The van der Waals surface area contributed by atoms with Crippen molar-refractivity contribution in [3.8, 4) is 11.5 Å². The SMILES string of the molecule is CCN(CC)C1=C[C@H]2Oc3ccc(N(CC)CC)cc3N(C(=O)c3cc(C(C)(C)C)c(O)c(C(C)(C)C)c3)[C@@H]2C=C1. The summed E-state index contributed by atoms with van der Waals surface area (Å²) in [7, 11) is 0. The molecular weight excluding hydrogens is 510 g/mol. The van der Waals surface area contributed by atoms with Crippen LogP contribution in [0.15, 0.2) is 54.3 Å². The number of carbonyl (C=O) groups excluding carboxylic acids is 1. The Bertz CT molecular complexity index is 1300. The smallest absolute Gasteiger partial charge is 0.259 e. The van der Waals surface area contributed by atoms with Crippen LogP contribution < -0.4 is 14.5 Å². The Balaban J connectivity index is 1.91. The van der Waals surface area contributed by atoms with Crippen LogP contribution in [0.4, 0.5) is 11.4 Å². The lowest BCUT2D eigenvalue weighted by molar-refractivity contribution is 0.0948. The van der Waals surface area contributed by atoms with E-state index in [2.05, 4.69) is 109 Å². The number of phenolic OH excluding ortho intramolecular Hbond substituents is 1. The van der Waals surface area contributed by atoms with Gasteiger partial charge in [-0.1, -0.05) is 47.6 Å². The van der Waals surface area contributed by atoms with Gasteiger partial charge >= 0.3 is 0 Å². The lowest BCUT2D eigenvalue weighted by Crippen LogP contribution is -2.52. The average Bonchev–Trinajstić information content (AvgIpc) is 2.91. The monoisotopic (exact) mass is 559 g/mol. The third kappa shape index (κ3) is 5.84. The van der Waals surface area contributed by atoms with E-state index in [1.165, 1.54) is 0 Å². The molecule has 1 heterocycles. The molecule has 1 N–H and O–H groups in total. The van der Waals surface area contributed by atoms with Gasteiger partial charge in [0.15, 0.2) is 0 Å². The van der Waals surface area contributed by atoms with Gasteiger partial charge in [-0.05, 0) is 81.0 Å². The van der Waals surface area contributed by atoms with Gasteiger partial charge in [-0.15, -0.1) is 0 Å². The highest BCUT2D eigenvalue weighted by atomic mass is 16.5. The molecule has 0 spiro atoms. The molecule has 1 amide bonds. The lowest BCUT2D eigenvalue weighted by atomic mass is 9.78. The minimum Gasteiger partial charge on any atom is -0.507 e. The van der Waals surface area contributed by atoms with Gasteiger partial charge in [0.05, 0.1) is 11.7 Å². The molecule has 2 aromatic rings. The molecular formula is C35H49N3O3. The summed E-state index contributed by atoms with van der Waals surface area (Å²) in [6.45, 7) is 24.5. The van der Waals surface area contributed by atoms with Crippen molar-refractivity contribution in [2.24, 2.45) is 0 Å². The highest BCUT2D eigenvalue weighted by molar-refractivity contribution is 6.09. The normalized spacial score (nSPS) is 18.3. The first-order valence-corrected chi connectivity index (χ1v) is 15.2. The Morgan fingerprint density at radius 3 is 1.95 bits per heavy atom. The number of carbonyl (C=O) groups is 1. The van der Waals surface area contributed by atoms with E-state index < -0.39 is 0 Å². The van der Waals surface area contributed by atoms with Gasteiger partial charge in [0.2, 0.25) is 0 Å². The summed E-state index contributed by atoms with van der Waals surface area (Å²) in [4.78, 5) is 21.2. The number of aromatic hydroxyl groups is 1. The number of allylic oxidation sites excluding steroid dienone is 1. The van der Waals surface area contributed by atoms with Crippen molar-refractivity contribution in [2.45, 2.75) is 92.2 Å². The number of anilines is 2. The first-order chi connectivity index (χ1) is 19.2. The molecule has 6 nitrogen and oxygen atoms in total. The van der Waals surface area contributed by atoms with E-state index in [1.54, 1.807) is 0 Å². The second-order valence-corrected chi connectivity index (χ2v) is 13.1. The Morgan fingerprint density at radius 2 is 1.44 bits per heavy atom. The molecule has 1 aliphatic heterocycles. The van der Waals surface area contributed by atoms with E-state index in [4.69, 9.17) is 4.74 Å².